The predicted octanol–water partition coefficient (Wildman–Crippen LogP) is 3.77. The van der Waals surface area contributed by atoms with E-state index in [0.717, 1.165) is 50.5 Å². The van der Waals surface area contributed by atoms with Crippen molar-refractivity contribution in [2.75, 3.05) is 39.3 Å². The maximum Gasteiger partial charge on any atom is 0.123 e. The van der Waals surface area contributed by atoms with Gasteiger partial charge in [0, 0.05) is 45.0 Å². The maximum absolute atomic E-state index is 13.0. The Morgan fingerprint density at radius 3 is 2.32 bits per heavy atom. The second kappa shape index (κ2) is 11.6. The number of piperazine rings is 1. The van der Waals surface area contributed by atoms with E-state index in [1.165, 1.54) is 17.8 Å². The Bertz CT molecular complexity index is 1010. The summed E-state index contributed by atoms with van der Waals surface area (Å²) in [7, 11) is 0. The van der Waals surface area contributed by atoms with Gasteiger partial charge in [-0.15, -0.1) is 0 Å². The molecule has 2 aromatic carbocycles. The average molecular weight is 467 g/mol. The number of aliphatic hydroxyl groups is 1. The van der Waals surface area contributed by atoms with Crippen molar-refractivity contribution >= 4 is 0 Å². The molecule has 0 saturated carbocycles. The lowest BCUT2D eigenvalue weighted by Crippen LogP contribution is -2.48. The molecule has 1 aliphatic heterocycles. The summed E-state index contributed by atoms with van der Waals surface area (Å²) in [4.78, 5) is 4.69. The van der Waals surface area contributed by atoms with Crippen molar-refractivity contribution in [2.24, 2.45) is 5.92 Å². The first kappa shape index (κ1) is 24.4. The summed E-state index contributed by atoms with van der Waals surface area (Å²) in [6.07, 6.45) is 0.407. The normalized spacial score (nSPS) is 16.1. The lowest BCUT2D eigenvalue weighted by atomic mass is 10.1. The SMILES string of the molecule is CC(C)Cc1cc(CN2CCN(C[C@H](O)COc3ccc(F)cc3)CC2)nn1-c1ccccc1. The minimum Gasteiger partial charge on any atom is -0.491 e. The fourth-order valence-corrected chi connectivity index (χ4v) is 4.34. The fourth-order valence-electron chi connectivity index (χ4n) is 4.34. The molecule has 1 N–H and O–H groups in total. The molecule has 34 heavy (non-hydrogen) atoms. The lowest BCUT2D eigenvalue weighted by Gasteiger charge is -2.35. The molecule has 0 spiro atoms. The topological polar surface area (TPSA) is 53.8 Å². The molecule has 1 aliphatic rings. The lowest BCUT2D eigenvalue weighted by molar-refractivity contribution is 0.0443. The summed E-state index contributed by atoms with van der Waals surface area (Å²) < 4.78 is 20.7. The number of aromatic nitrogens is 2. The zero-order valence-electron chi connectivity index (χ0n) is 20.1. The van der Waals surface area contributed by atoms with E-state index >= 15 is 0 Å². The molecule has 182 valence electrons. The van der Waals surface area contributed by atoms with Crippen LogP contribution in [0.5, 0.6) is 5.75 Å². The minimum atomic E-state index is -0.586. The van der Waals surface area contributed by atoms with Crippen molar-refractivity contribution in [3.63, 3.8) is 0 Å². The van der Waals surface area contributed by atoms with Gasteiger partial charge in [-0.25, -0.2) is 9.07 Å². The highest BCUT2D eigenvalue weighted by Crippen LogP contribution is 2.18. The molecule has 0 unspecified atom stereocenters. The molecule has 1 aromatic heterocycles. The number of hydrogen-bond acceptors (Lipinski definition) is 5. The van der Waals surface area contributed by atoms with E-state index in [2.05, 4.69) is 46.5 Å². The van der Waals surface area contributed by atoms with E-state index in [0.29, 0.717) is 18.2 Å². The Hall–Kier alpha value is -2.74. The molecule has 0 aliphatic carbocycles. The van der Waals surface area contributed by atoms with Gasteiger partial charge in [-0.3, -0.25) is 9.80 Å². The molecule has 1 fully saturated rings. The third-order valence-electron chi connectivity index (χ3n) is 6.03. The van der Waals surface area contributed by atoms with Crippen LogP contribution in [0.25, 0.3) is 5.69 Å². The molecule has 0 radical (unpaired) electrons. The summed E-state index contributed by atoms with van der Waals surface area (Å²) in [6, 6.07) is 18.4. The second-order valence-electron chi connectivity index (χ2n) is 9.47. The van der Waals surface area contributed by atoms with Gasteiger partial charge in [-0.05, 0) is 54.8 Å². The Balaban J connectivity index is 1.26. The second-order valence-corrected chi connectivity index (χ2v) is 9.47. The maximum atomic E-state index is 13.0. The third kappa shape index (κ3) is 6.88. The number of halogens is 1. The largest absolute Gasteiger partial charge is 0.491 e. The van der Waals surface area contributed by atoms with Crippen LogP contribution in [0.1, 0.15) is 25.2 Å². The van der Waals surface area contributed by atoms with Gasteiger partial charge in [0.25, 0.3) is 0 Å². The fraction of sp³-hybridized carbons (Fsp3) is 0.444. The minimum absolute atomic E-state index is 0.196. The smallest absolute Gasteiger partial charge is 0.123 e. The molecule has 7 heteroatoms. The van der Waals surface area contributed by atoms with Crippen LogP contribution in [0.2, 0.25) is 0 Å². The van der Waals surface area contributed by atoms with E-state index in [1.807, 2.05) is 18.2 Å². The van der Waals surface area contributed by atoms with Crippen LogP contribution in [-0.4, -0.2) is 70.1 Å². The van der Waals surface area contributed by atoms with Crippen LogP contribution in [0, 0.1) is 11.7 Å². The highest BCUT2D eigenvalue weighted by Gasteiger charge is 2.21. The van der Waals surface area contributed by atoms with Crippen LogP contribution < -0.4 is 4.74 Å². The van der Waals surface area contributed by atoms with Gasteiger partial charge >= 0.3 is 0 Å². The van der Waals surface area contributed by atoms with Crippen LogP contribution >= 0.6 is 0 Å². The van der Waals surface area contributed by atoms with Gasteiger partial charge in [0.05, 0.1) is 11.4 Å². The number of rotatable bonds is 10. The molecule has 0 bridgehead atoms. The first-order valence-electron chi connectivity index (χ1n) is 12.1. The summed E-state index contributed by atoms with van der Waals surface area (Å²) in [6.45, 7) is 9.72. The molecule has 1 saturated heterocycles. The van der Waals surface area contributed by atoms with Gasteiger partial charge in [-0.2, -0.15) is 5.10 Å². The third-order valence-corrected chi connectivity index (χ3v) is 6.03. The highest BCUT2D eigenvalue weighted by atomic mass is 19.1. The van der Waals surface area contributed by atoms with E-state index < -0.39 is 6.10 Å². The first-order valence-corrected chi connectivity index (χ1v) is 12.1. The molecule has 0 amide bonds. The standard InChI is InChI=1S/C27H35FN4O2/c1-21(2)16-25-17-23(29-32(25)24-6-4-3-5-7-24)18-30-12-14-31(15-13-30)19-26(33)20-34-27-10-8-22(28)9-11-27/h3-11,17,21,26,33H,12-16,18-20H2,1-2H3/t26-/m0/s1. The van der Waals surface area contributed by atoms with Crippen molar-refractivity contribution in [1.29, 1.82) is 0 Å². The van der Waals surface area contributed by atoms with Crippen LogP contribution in [0.3, 0.4) is 0 Å². The number of β-amino-alcohol motifs (C(OH)–C–C–N with tert-alkyl or cyclic N) is 1. The van der Waals surface area contributed by atoms with Gasteiger partial charge in [0.15, 0.2) is 0 Å². The number of ether oxygens (including phenoxy) is 1. The number of nitrogens with zero attached hydrogens (tertiary/aromatic N) is 4. The Kier molecular flexibility index (Phi) is 8.32. The Morgan fingerprint density at radius 2 is 1.65 bits per heavy atom. The van der Waals surface area contributed by atoms with Gasteiger partial charge < -0.3 is 9.84 Å². The zero-order chi connectivity index (χ0) is 23.9. The van der Waals surface area contributed by atoms with Crippen molar-refractivity contribution in [2.45, 2.75) is 32.9 Å². The van der Waals surface area contributed by atoms with Crippen molar-refractivity contribution in [3.8, 4) is 11.4 Å². The molecular weight excluding hydrogens is 431 g/mol. The average Bonchev–Trinajstić information content (AvgIpc) is 3.22. The van der Waals surface area contributed by atoms with Gasteiger partial charge in [0.2, 0.25) is 0 Å². The van der Waals surface area contributed by atoms with Crippen molar-refractivity contribution in [3.05, 3.63) is 77.9 Å². The van der Waals surface area contributed by atoms with Crippen molar-refractivity contribution in [1.82, 2.24) is 19.6 Å². The molecule has 1 atom stereocenters. The van der Waals surface area contributed by atoms with E-state index in [1.54, 1.807) is 12.1 Å². The van der Waals surface area contributed by atoms with E-state index in [4.69, 9.17) is 9.84 Å². The summed E-state index contributed by atoms with van der Waals surface area (Å²) in [5.41, 5.74) is 3.45. The number of hydrogen-bond donors (Lipinski definition) is 1. The summed E-state index contributed by atoms with van der Waals surface area (Å²) in [5, 5.41) is 15.3. The molecular formula is C27H35FN4O2. The molecule has 4 rings (SSSR count). The molecule has 3 aromatic rings. The van der Waals surface area contributed by atoms with E-state index in [9.17, 15) is 9.50 Å². The first-order chi connectivity index (χ1) is 16.5. The van der Waals surface area contributed by atoms with Crippen LogP contribution in [0.4, 0.5) is 4.39 Å². The monoisotopic (exact) mass is 466 g/mol. The van der Waals surface area contributed by atoms with Crippen molar-refractivity contribution < 1.29 is 14.2 Å². The quantitative estimate of drug-likeness (QED) is 0.493. The van der Waals surface area contributed by atoms with Gasteiger partial charge in [0.1, 0.15) is 24.3 Å². The number of benzene rings is 2. The highest BCUT2D eigenvalue weighted by molar-refractivity contribution is 5.33. The Labute approximate surface area is 201 Å². The molecule has 2 heterocycles. The van der Waals surface area contributed by atoms with Crippen LogP contribution in [-0.2, 0) is 13.0 Å². The zero-order valence-corrected chi connectivity index (χ0v) is 20.1. The Morgan fingerprint density at radius 1 is 0.971 bits per heavy atom. The van der Waals surface area contributed by atoms with E-state index in [-0.39, 0.29) is 12.4 Å². The number of aliphatic hydroxyl groups excluding tert-OH is 1. The summed E-state index contributed by atoms with van der Waals surface area (Å²) in [5.74, 6) is 0.833. The van der Waals surface area contributed by atoms with Gasteiger partial charge in [-0.1, -0.05) is 32.0 Å². The summed E-state index contributed by atoms with van der Waals surface area (Å²) >= 11 is 0. The van der Waals surface area contributed by atoms with Crippen LogP contribution in [0.15, 0.2) is 60.7 Å². The predicted molar refractivity (Wildman–Crippen MR) is 132 cm³/mol. The number of para-hydroxylation sites is 1. The molecule has 6 nitrogen and oxygen atoms in total.